The van der Waals surface area contributed by atoms with Crippen LogP contribution in [-0.2, 0) is 0 Å². The molecule has 1 aliphatic rings. The fourth-order valence-corrected chi connectivity index (χ4v) is 2.83. The van der Waals surface area contributed by atoms with Crippen LogP contribution in [0.5, 0.6) is 0 Å². The molecule has 1 aromatic carbocycles. The SMILES string of the molecule is O=c1c2cc(F)ccc2nc(Cl)n1C1CCNCC1. The van der Waals surface area contributed by atoms with Crippen LogP contribution in [0.3, 0.4) is 0 Å². The van der Waals surface area contributed by atoms with Crippen molar-refractivity contribution < 1.29 is 4.39 Å². The van der Waals surface area contributed by atoms with Crippen LogP contribution in [0.2, 0.25) is 5.28 Å². The number of rotatable bonds is 1. The van der Waals surface area contributed by atoms with E-state index in [1.807, 2.05) is 0 Å². The Balaban J connectivity index is 2.21. The van der Waals surface area contributed by atoms with Crippen molar-refractivity contribution >= 4 is 22.5 Å². The summed E-state index contributed by atoms with van der Waals surface area (Å²) in [5, 5.41) is 3.69. The minimum Gasteiger partial charge on any atom is -0.317 e. The molecule has 100 valence electrons. The fraction of sp³-hybridized carbons (Fsp3) is 0.385. The first-order valence-corrected chi connectivity index (χ1v) is 6.62. The van der Waals surface area contributed by atoms with E-state index in [-0.39, 0.29) is 22.3 Å². The van der Waals surface area contributed by atoms with Crippen molar-refractivity contribution in [1.29, 1.82) is 0 Å². The van der Waals surface area contributed by atoms with Crippen LogP contribution in [0.4, 0.5) is 4.39 Å². The van der Waals surface area contributed by atoms with E-state index in [4.69, 9.17) is 11.6 Å². The second kappa shape index (κ2) is 4.90. The van der Waals surface area contributed by atoms with Crippen LogP contribution in [0, 0.1) is 5.82 Å². The Morgan fingerprint density at radius 1 is 1.37 bits per heavy atom. The molecule has 0 aliphatic carbocycles. The summed E-state index contributed by atoms with van der Waals surface area (Å²) in [6, 6.07) is 4.00. The number of nitrogens with zero attached hydrogens (tertiary/aromatic N) is 2. The number of nitrogens with one attached hydrogen (secondary N) is 1. The zero-order valence-electron chi connectivity index (χ0n) is 10.2. The van der Waals surface area contributed by atoms with Crippen molar-refractivity contribution in [2.45, 2.75) is 18.9 Å². The van der Waals surface area contributed by atoms with Gasteiger partial charge in [-0.05, 0) is 55.7 Å². The number of hydrogen-bond donors (Lipinski definition) is 1. The minimum atomic E-state index is -0.439. The first kappa shape index (κ1) is 12.6. The number of halogens is 2. The van der Waals surface area contributed by atoms with Gasteiger partial charge in [-0.2, -0.15) is 0 Å². The molecule has 0 bridgehead atoms. The Bertz CT molecular complexity index is 679. The van der Waals surface area contributed by atoms with Gasteiger partial charge < -0.3 is 5.32 Å². The summed E-state index contributed by atoms with van der Waals surface area (Å²) in [4.78, 5) is 16.6. The fourth-order valence-electron chi connectivity index (χ4n) is 2.53. The molecule has 3 rings (SSSR count). The predicted octanol–water partition coefficient (Wildman–Crippen LogP) is 2.11. The van der Waals surface area contributed by atoms with Crippen LogP contribution in [0.15, 0.2) is 23.0 Å². The molecule has 4 nitrogen and oxygen atoms in total. The second-order valence-corrected chi connectivity index (χ2v) is 5.04. The van der Waals surface area contributed by atoms with Gasteiger partial charge in [-0.1, -0.05) is 0 Å². The van der Waals surface area contributed by atoms with Crippen LogP contribution in [0.1, 0.15) is 18.9 Å². The van der Waals surface area contributed by atoms with E-state index in [2.05, 4.69) is 10.3 Å². The first-order chi connectivity index (χ1) is 9.16. The molecule has 1 N–H and O–H groups in total. The summed E-state index contributed by atoms with van der Waals surface area (Å²) in [7, 11) is 0. The van der Waals surface area contributed by atoms with Gasteiger partial charge in [0.15, 0.2) is 0 Å². The molecule has 0 saturated carbocycles. The van der Waals surface area contributed by atoms with E-state index in [1.54, 1.807) is 0 Å². The van der Waals surface area contributed by atoms with Gasteiger partial charge >= 0.3 is 0 Å². The molecule has 1 fully saturated rings. The highest BCUT2D eigenvalue weighted by molar-refractivity contribution is 6.28. The minimum absolute atomic E-state index is 0.0291. The van der Waals surface area contributed by atoms with Crippen molar-refractivity contribution in [2.75, 3.05) is 13.1 Å². The van der Waals surface area contributed by atoms with Crippen molar-refractivity contribution in [3.8, 4) is 0 Å². The molecule has 0 atom stereocenters. The van der Waals surface area contributed by atoms with Gasteiger partial charge in [0.2, 0.25) is 5.28 Å². The van der Waals surface area contributed by atoms with Gasteiger partial charge in [0.05, 0.1) is 10.9 Å². The maximum absolute atomic E-state index is 13.3. The lowest BCUT2D eigenvalue weighted by Crippen LogP contribution is -2.35. The molecule has 2 heterocycles. The Kier molecular flexibility index (Phi) is 3.24. The number of benzene rings is 1. The third kappa shape index (κ3) is 2.24. The second-order valence-electron chi connectivity index (χ2n) is 4.70. The van der Waals surface area contributed by atoms with E-state index < -0.39 is 5.82 Å². The summed E-state index contributed by atoms with van der Waals surface area (Å²) in [5.74, 6) is -0.439. The van der Waals surface area contributed by atoms with Gasteiger partial charge in [-0.3, -0.25) is 9.36 Å². The Labute approximate surface area is 114 Å². The van der Waals surface area contributed by atoms with Gasteiger partial charge in [0.25, 0.3) is 5.56 Å². The summed E-state index contributed by atoms with van der Waals surface area (Å²) in [6.45, 7) is 1.68. The molecule has 6 heteroatoms. The van der Waals surface area contributed by atoms with E-state index in [0.29, 0.717) is 5.52 Å². The summed E-state index contributed by atoms with van der Waals surface area (Å²) >= 11 is 6.12. The molecule has 1 saturated heterocycles. The Morgan fingerprint density at radius 2 is 2.11 bits per heavy atom. The Morgan fingerprint density at radius 3 is 2.84 bits per heavy atom. The molecule has 19 heavy (non-hydrogen) atoms. The van der Waals surface area contributed by atoms with Gasteiger partial charge in [-0.25, -0.2) is 9.37 Å². The average Bonchev–Trinajstić information content (AvgIpc) is 2.41. The molecular formula is C13H13ClFN3O. The summed E-state index contributed by atoms with van der Waals surface area (Å²) in [6.07, 6.45) is 1.64. The van der Waals surface area contributed by atoms with Crippen molar-refractivity contribution in [2.24, 2.45) is 0 Å². The highest BCUT2D eigenvalue weighted by atomic mass is 35.5. The summed E-state index contributed by atoms with van der Waals surface area (Å²) < 4.78 is 14.8. The smallest absolute Gasteiger partial charge is 0.262 e. The molecule has 1 aromatic heterocycles. The maximum atomic E-state index is 13.3. The third-order valence-corrected chi connectivity index (χ3v) is 3.76. The lowest BCUT2D eigenvalue weighted by Gasteiger charge is -2.25. The first-order valence-electron chi connectivity index (χ1n) is 6.25. The topological polar surface area (TPSA) is 46.9 Å². The average molecular weight is 282 g/mol. The van der Waals surface area contributed by atoms with Crippen molar-refractivity contribution in [3.05, 3.63) is 39.7 Å². The maximum Gasteiger partial charge on any atom is 0.262 e. The van der Waals surface area contributed by atoms with E-state index >= 15 is 0 Å². The van der Waals surface area contributed by atoms with Crippen LogP contribution in [0.25, 0.3) is 10.9 Å². The molecule has 0 radical (unpaired) electrons. The quantitative estimate of drug-likeness (QED) is 0.815. The predicted molar refractivity (Wildman–Crippen MR) is 72.1 cm³/mol. The van der Waals surface area contributed by atoms with Gasteiger partial charge in [-0.15, -0.1) is 0 Å². The largest absolute Gasteiger partial charge is 0.317 e. The Hall–Kier alpha value is -1.46. The third-order valence-electron chi connectivity index (χ3n) is 3.49. The van der Waals surface area contributed by atoms with Crippen molar-refractivity contribution in [1.82, 2.24) is 14.9 Å². The normalized spacial score (nSPS) is 16.9. The highest BCUT2D eigenvalue weighted by Crippen LogP contribution is 2.22. The molecule has 0 amide bonds. The van der Waals surface area contributed by atoms with E-state index in [1.165, 1.54) is 22.8 Å². The zero-order chi connectivity index (χ0) is 13.4. The van der Waals surface area contributed by atoms with Crippen LogP contribution >= 0.6 is 11.6 Å². The molecular weight excluding hydrogens is 269 g/mol. The van der Waals surface area contributed by atoms with E-state index in [0.717, 1.165) is 25.9 Å². The lowest BCUT2D eigenvalue weighted by molar-refractivity contribution is 0.360. The van der Waals surface area contributed by atoms with Gasteiger partial charge in [0, 0.05) is 6.04 Å². The van der Waals surface area contributed by atoms with Crippen molar-refractivity contribution in [3.63, 3.8) is 0 Å². The highest BCUT2D eigenvalue weighted by Gasteiger charge is 2.20. The summed E-state index contributed by atoms with van der Waals surface area (Å²) in [5.41, 5.74) is 0.169. The van der Waals surface area contributed by atoms with Gasteiger partial charge in [0.1, 0.15) is 5.82 Å². The number of fused-ring (bicyclic) bond motifs is 1. The van der Waals surface area contributed by atoms with Crippen LogP contribution < -0.4 is 10.9 Å². The molecule has 2 aromatic rings. The zero-order valence-corrected chi connectivity index (χ0v) is 11.0. The monoisotopic (exact) mass is 281 g/mol. The number of aromatic nitrogens is 2. The number of hydrogen-bond acceptors (Lipinski definition) is 3. The molecule has 0 unspecified atom stereocenters. The molecule has 1 aliphatic heterocycles. The lowest BCUT2D eigenvalue weighted by atomic mass is 10.1. The van der Waals surface area contributed by atoms with Crippen LogP contribution in [-0.4, -0.2) is 22.6 Å². The van der Waals surface area contributed by atoms with E-state index in [9.17, 15) is 9.18 Å². The standard InChI is InChI=1S/C13H13ClFN3O/c14-13-17-11-2-1-8(15)7-10(11)12(19)18(13)9-3-5-16-6-4-9/h1-2,7,9,16H,3-6H2. The molecule has 0 spiro atoms. The number of piperidine rings is 1.